The highest BCUT2D eigenvalue weighted by molar-refractivity contribution is 6.26. The number of hydrogen-bond donors (Lipinski definition) is 0. The zero-order valence-electron chi connectivity index (χ0n) is 40.1. The van der Waals surface area contributed by atoms with E-state index in [1.807, 2.05) is 91.0 Å². The Morgan fingerprint density at radius 1 is 0.276 bits per heavy atom. The zero-order valence-corrected chi connectivity index (χ0v) is 40.1. The van der Waals surface area contributed by atoms with Crippen LogP contribution in [0.3, 0.4) is 0 Å². The molecule has 0 spiro atoms. The van der Waals surface area contributed by atoms with E-state index in [4.69, 9.17) is 17.7 Å². The molecule has 0 radical (unpaired) electrons. The van der Waals surface area contributed by atoms with Gasteiger partial charge in [-0.25, -0.2) is 0 Å². The minimum atomic E-state index is 0.357. The van der Waals surface area contributed by atoms with Gasteiger partial charge in [-0.05, 0) is 131 Å². The van der Waals surface area contributed by atoms with Crippen molar-refractivity contribution >= 4 is 131 Å². The fourth-order valence-corrected chi connectivity index (χ4v) is 12.4. The molecule has 0 amide bonds. The molecule has 0 bridgehead atoms. The normalized spacial score (nSPS) is 12.2. The molecule has 11 aromatic carbocycles. The maximum atomic E-state index is 11.2. The van der Waals surface area contributed by atoms with Crippen molar-refractivity contribution in [3.05, 3.63) is 217 Å². The van der Waals surface area contributed by atoms with E-state index in [-0.39, 0.29) is 0 Å². The first-order valence-electron chi connectivity index (χ1n) is 25.2. The summed E-state index contributed by atoms with van der Waals surface area (Å²) < 4.78 is 30.4. The van der Waals surface area contributed by atoms with Crippen molar-refractivity contribution in [2.75, 3.05) is 0 Å². The lowest BCUT2D eigenvalue weighted by Gasteiger charge is -2.16. The minimum absolute atomic E-state index is 0.357. The Morgan fingerprint density at radius 2 is 0.618 bits per heavy atom. The fraction of sp³-hybridized carbons (Fsp3) is 0. The van der Waals surface area contributed by atoms with Crippen molar-refractivity contribution in [1.82, 2.24) is 9.13 Å². The van der Waals surface area contributed by atoms with Gasteiger partial charge >= 0.3 is 0 Å². The summed E-state index contributed by atoms with van der Waals surface area (Å²) in [5.74, 6) is 0. The van der Waals surface area contributed by atoms with Gasteiger partial charge in [-0.2, -0.15) is 10.5 Å². The van der Waals surface area contributed by atoms with Crippen molar-refractivity contribution in [3.63, 3.8) is 0 Å². The van der Waals surface area contributed by atoms with Gasteiger partial charge < -0.3 is 26.8 Å². The Labute approximate surface area is 429 Å². The average molecular weight is 971 g/mol. The maximum absolute atomic E-state index is 11.2. The molecule has 8 heteroatoms. The SMILES string of the molecule is N#Cc1cc(C#N)c(-n2c3ccc(-c4ccc5oc6ccccc6c5c4)cc3c3c4oc5ccccc5c4ccc32)cc1-n1c2ccc(-c3ccc4oc5ccccc5c4c3)cc2c2c3oc4ccccc4c3ccc21. The average Bonchev–Trinajstić information content (AvgIpc) is 4.40. The Bertz CT molecular complexity index is 5190. The highest BCUT2D eigenvalue weighted by Crippen LogP contribution is 2.46. The van der Waals surface area contributed by atoms with Gasteiger partial charge in [0, 0.05) is 53.9 Å². The van der Waals surface area contributed by atoms with Crippen LogP contribution in [0.5, 0.6) is 0 Å². The first-order chi connectivity index (χ1) is 37.6. The van der Waals surface area contributed by atoms with Crippen molar-refractivity contribution in [2.45, 2.75) is 0 Å². The van der Waals surface area contributed by atoms with Gasteiger partial charge in [0.15, 0.2) is 0 Å². The highest BCUT2D eigenvalue weighted by atomic mass is 16.3. The molecular weight excluding hydrogens is 937 g/mol. The Balaban J connectivity index is 0.937. The third-order valence-corrected chi connectivity index (χ3v) is 15.8. The molecule has 0 atom stereocenters. The molecule has 6 heterocycles. The molecule has 17 rings (SSSR count). The number of benzene rings is 11. The van der Waals surface area contributed by atoms with Crippen LogP contribution in [0.2, 0.25) is 0 Å². The molecule has 0 saturated heterocycles. The summed E-state index contributed by atoms with van der Waals surface area (Å²) in [6, 6.07) is 75.5. The molecule has 0 aliphatic carbocycles. The molecule has 0 fully saturated rings. The number of aromatic nitrogens is 2. The molecule has 350 valence electrons. The summed E-state index contributed by atoms with van der Waals surface area (Å²) in [6.45, 7) is 0. The second kappa shape index (κ2) is 14.9. The maximum Gasteiger partial charge on any atom is 0.145 e. The molecule has 0 N–H and O–H groups in total. The molecule has 76 heavy (non-hydrogen) atoms. The van der Waals surface area contributed by atoms with Gasteiger partial charge in [0.05, 0.1) is 55.3 Å². The van der Waals surface area contributed by atoms with Crippen LogP contribution in [0, 0.1) is 22.7 Å². The smallest absolute Gasteiger partial charge is 0.145 e. The van der Waals surface area contributed by atoms with Crippen LogP contribution in [-0.4, -0.2) is 9.13 Å². The number of furan rings is 4. The molecule has 8 nitrogen and oxygen atoms in total. The summed E-state index contributed by atoms with van der Waals surface area (Å²) in [4.78, 5) is 0. The lowest BCUT2D eigenvalue weighted by Crippen LogP contribution is -2.04. The van der Waals surface area contributed by atoms with Crippen LogP contribution in [0.1, 0.15) is 11.1 Å². The van der Waals surface area contributed by atoms with Crippen LogP contribution in [0.4, 0.5) is 0 Å². The van der Waals surface area contributed by atoms with E-state index >= 15 is 0 Å². The summed E-state index contributed by atoms with van der Waals surface area (Å²) in [7, 11) is 0. The Kier molecular flexibility index (Phi) is 7.99. The third-order valence-electron chi connectivity index (χ3n) is 15.8. The zero-order chi connectivity index (χ0) is 49.9. The minimum Gasteiger partial charge on any atom is -0.456 e. The van der Waals surface area contributed by atoms with E-state index in [1.165, 1.54) is 0 Å². The first kappa shape index (κ1) is 40.8. The van der Waals surface area contributed by atoms with Crippen molar-refractivity contribution in [3.8, 4) is 45.8 Å². The molecule has 0 unspecified atom stereocenters. The molecule has 0 aliphatic rings. The number of nitrogens with zero attached hydrogens (tertiary/aromatic N) is 4. The van der Waals surface area contributed by atoms with E-state index in [2.05, 4.69) is 130 Å². The van der Waals surface area contributed by atoms with Crippen molar-refractivity contribution < 1.29 is 17.7 Å². The van der Waals surface area contributed by atoms with E-state index < -0.39 is 0 Å². The van der Waals surface area contributed by atoms with Crippen LogP contribution >= 0.6 is 0 Å². The summed E-state index contributed by atoms with van der Waals surface area (Å²) in [6.07, 6.45) is 0. The van der Waals surface area contributed by atoms with Crippen LogP contribution in [-0.2, 0) is 0 Å². The van der Waals surface area contributed by atoms with Crippen LogP contribution in [0.25, 0.3) is 165 Å². The number of nitriles is 2. The van der Waals surface area contributed by atoms with Gasteiger partial charge in [0.25, 0.3) is 0 Å². The summed E-state index contributed by atoms with van der Waals surface area (Å²) in [5, 5.41) is 34.4. The summed E-state index contributed by atoms with van der Waals surface area (Å²) >= 11 is 0. The second-order valence-corrected chi connectivity index (χ2v) is 19.7. The first-order valence-corrected chi connectivity index (χ1v) is 25.2. The van der Waals surface area contributed by atoms with E-state index in [0.717, 1.165) is 154 Å². The second-order valence-electron chi connectivity index (χ2n) is 19.7. The van der Waals surface area contributed by atoms with E-state index in [9.17, 15) is 10.5 Å². The molecule has 0 aliphatic heterocycles. The van der Waals surface area contributed by atoms with Crippen molar-refractivity contribution in [2.24, 2.45) is 0 Å². The third kappa shape index (κ3) is 5.48. The van der Waals surface area contributed by atoms with Gasteiger partial charge in [0.1, 0.15) is 56.8 Å². The molecule has 17 aromatic rings. The number of fused-ring (bicyclic) bond motifs is 20. The Hall–Kier alpha value is -10.8. The van der Waals surface area contributed by atoms with E-state index in [1.54, 1.807) is 6.07 Å². The molecule has 6 aromatic heterocycles. The Morgan fingerprint density at radius 3 is 1.04 bits per heavy atom. The predicted molar refractivity (Wildman–Crippen MR) is 305 cm³/mol. The van der Waals surface area contributed by atoms with Gasteiger partial charge in [0.2, 0.25) is 0 Å². The van der Waals surface area contributed by atoms with Gasteiger partial charge in [-0.3, -0.25) is 0 Å². The lowest BCUT2D eigenvalue weighted by molar-refractivity contribution is 0.668. The standard InChI is InChI=1S/C68H34N4O4/c69-35-41-29-42(36-70)58(72-54-24-18-38(40-20-28-64-50(31-40)46-12-4-6-14-60(46)74-64)33-52(54)66-56(72)26-22-48-44-10-2-8-16-62(44)76-68(48)66)34-57(41)71-53-23-17-37(39-19-27-63-49(30-39)45-11-3-5-13-59(45)73-63)32-51(53)65-55(71)25-21-47-43-9-1-7-15-61(43)75-67(47)65/h1-34H. The van der Waals surface area contributed by atoms with Gasteiger partial charge in [-0.1, -0.05) is 97.1 Å². The lowest BCUT2D eigenvalue weighted by atomic mass is 10.00. The fourth-order valence-electron chi connectivity index (χ4n) is 12.4. The number of para-hydroxylation sites is 4. The number of hydrogen-bond acceptors (Lipinski definition) is 6. The molecular formula is C68H34N4O4. The van der Waals surface area contributed by atoms with Gasteiger partial charge in [-0.15, -0.1) is 0 Å². The molecule has 0 saturated carbocycles. The monoisotopic (exact) mass is 970 g/mol. The van der Waals surface area contributed by atoms with Crippen molar-refractivity contribution in [1.29, 1.82) is 10.5 Å². The quantitative estimate of drug-likeness (QED) is 0.174. The number of rotatable bonds is 4. The summed E-state index contributed by atoms with van der Waals surface area (Å²) in [5.41, 5.74) is 16.0. The highest BCUT2D eigenvalue weighted by Gasteiger charge is 2.26. The predicted octanol–water partition coefficient (Wildman–Crippen LogP) is 18.6. The largest absolute Gasteiger partial charge is 0.456 e. The van der Waals surface area contributed by atoms with E-state index in [0.29, 0.717) is 22.5 Å². The topological polar surface area (TPSA) is 110 Å². The van der Waals surface area contributed by atoms with Crippen LogP contribution in [0.15, 0.2) is 224 Å². The van der Waals surface area contributed by atoms with Crippen LogP contribution < -0.4 is 0 Å².